The summed E-state index contributed by atoms with van der Waals surface area (Å²) >= 11 is 0. The van der Waals surface area contributed by atoms with Gasteiger partial charge in [-0.2, -0.15) is 0 Å². The van der Waals surface area contributed by atoms with Gasteiger partial charge in [-0.05, 0) is 74.9 Å². The van der Waals surface area contributed by atoms with Gasteiger partial charge in [0.05, 0.1) is 13.7 Å². The van der Waals surface area contributed by atoms with Gasteiger partial charge in [0.25, 0.3) is 5.91 Å². The van der Waals surface area contributed by atoms with Crippen LogP contribution in [0.25, 0.3) is 0 Å². The molecule has 7 heteroatoms. The van der Waals surface area contributed by atoms with Crippen LogP contribution >= 0.6 is 0 Å². The molecule has 2 aromatic carbocycles. The number of benzene rings is 2. The lowest BCUT2D eigenvalue weighted by molar-refractivity contribution is 0.0253. The highest BCUT2D eigenvalue weighted by molar-refractivity contribution is 5.98. The molecule has 1 fully saturated rings. The van der Waals surface area contributed by atoms with E-state index in [1.807, 2.05) is 56.0 Å². The topological polar surface area (TPSA) is 77.1 Å². The third kappa shape index (κ3) is 5.64. The molecule has 0 unspecified atom stereocenters. The van der Waals surface area contributed by atoms with Gasteiger partial charge in [0.2, 0.25) is 0 Å². The van der Waals surface area contributed by atoms with Crippen LogP contribution in [0.3, 0.4) is 0 Å². The highest BCUT2D eigenvalue weighted by atomic mass is 16.6. The predicted octanol–water partition coefficient (Wildman–Crippen LogP) is 4.75. The number of hydrogen-bond acceptors (Lipinski definition) is 5. The maximum Gasteiger partial charge on any atom is 0.410 e. The molecule has 1 saturated heterocycles. The van der Waals surface area contributed by atoms with Crippen LogP contribution in [-0.4, -0.2) is 49.3 Å². The van der Waals surface area contributed by atoms with Crippen molar-refractivity contribution in [1.29, 1.82) is 0 Å². The van der Waals surface area contributed by atoms with Crippen molar-refractivity contribution in [2.24, 2.45) is 5.92 Å². The summed E-state index contributed by atoms with van der Waals surface area (Å²) in [6.07, 6.45) is 1.33. The van der Waals surface area contributed by atoms with Crippen molar-refractivity contribution in [3.8, 4) is 11.5 Å². The van der Waals surface area contributed by atoms with Gasteiger partial charge in [0, 0.05) is 31.1 Å². The Hall–Kier alpha value is -3.22. The highest BCUT2D eigenvalue weighted by Crippen LogP contribution is 2.35. The fraction of sp³-hybridized carbons (Fsp3) is 0.481. The van der Waals surface area contributed by atoms with Crippen LogP contribution in [0.2, 0.25) is 0 Å². The lowest BCUT2D eigenvalue weighted by Gasteiger charge is -2.26. The number of amides is 2. The Morgan fingerprint density at radius 1 is 1.06 bits per heavy atom. The van der Waals surface area contributed by atoms with Crippen molar-refractivity contribution < 1.29 is 23.8 Å². The van der Waals surface area contributed by atoms with Gasteiger partial charge in [-0.1, -0.05) is 18.2 Å². The molecule has 2 heterocycles. The van der Waals surface area contributed by atoms with Crippen molar-refractivity contribution in [3.63, 3.8) is 0 Å². The van der Waals surface area contributed by atoms with Crippen molar-refractivity contribution in [2.45, 2.75) is 51.7 Å². The second kappa shape index (κ2) is 9.95. The summed E-state index contributed by atoms with van der Waals surface area (Å²) < 4.78 is 17.2. The second-order valence-corrected chi connectivity index (χ2v) is 10.00. The summed E-state index contributed by atoms with van der Waals surface area (Å²) in [6.45, 7) is 7.96. The van der Waals surface area contributed by atoms with Crippen LogP contribution in [0.1, 0.15) is 61.0 Å². The Bertz CT molecular complexity index is 1030. The van der Waals surface area contributed by atoms with Crippen molar-refractivity contribution in [2.75, 3.05) is 26.8 Å². The molecule has 2 amide bonds. The fourth-order valence-corrected chi connectivity index (χ4v) is 4.65. The summed E-state index contributed by atoms with van der Waals surface area (Å²) in [4.78, 5) is 26.6. The minimum Gasteiger partial charge on any atom is -0.497 e. The number of rotatable bonds is 5. The number of carbonyl (C=O) groups excluding carboxylic acids is 2. The van der Waals surface area contributed by atoms with E-state index in [9.17, 15) is 9.59 Å². The molecule has 7 nitrogen and oxygen atoms in total. The van der Waals surface area contributed by atoms with Crippen LogP contribution < -0.4 is 14.8 Å². The Kier molecular flexibility index (Phi) is 7.00. The van der Waals surface area contributed by atoms with E-state index >= 15 is 0 Å². The third-order valence-corrected chi connectivity index (χ3v) is 6.47. The summed E-state index contributed by atoms with van der Waals surface area (Å²) in [7, 11) is 1.66. The van der Waals surface area contributed by atoms with E-state index in [0.717, 1.165) is 24.2 Å². The fourth-order valence-electron chi connectivity index (χ4n) is 4.65. The number of ether oxygens (including phenoxy) is 3. The molecule has 34 heavy (non-hydrogen) atoms. The average molecular weight is 467 g/mol. The molecule has 2 atom stereocenters. The zero-order valence-corrected chi connectivity index (χ0v) is 20.4. The van der Waals surface area contributed by atoms with Gasteiger partial charge in [0.15, 0.2) is 0 Å². The molecular weight excluding hydrogens is 432 g/mol. The Balaban J connectivity index is 1.51. The van der Waals surface area contributed by atoms with Gasteiger partial charge in [-0.15, -0.1) is 0 Å². The first-order valence-corrected chi connectivity index (χ1v) is 11.9. The summed E-state index contributed by atoms with van der Waals surface area (Å²) in [5.41, 5.74) is 2.35. The number of hydrogen-bond donors (Lipinski definition) is 1. The van der Waals surface area contributed by atoms with Gasteiger partial charge in [-0.3, -0.25) is 4.79 Å². The van der Waals surface area contributed by atoms with E-state index < -0.39 is 5.60 Å². The van der Waals surface area contributed by atoms with Crippen LogP contribution in [0.5, 0.6) is 11.5 Å². The van der Waals surface area contributed by atoms with E-state index in [-0.39, 0.29) is 23.8 Å². The first-order chi connectivity index (χ1) is 16.2. The van der Waals surface area contributed by atoms with E-state index in [2.05, 4.69) is 17.4 Å². The first kappa shape index (κ1) is 23.9. The van der Waals surface area contributed by atoms with Gasteiger partial charge >= 0.3 is 6.09 Å². The normalized spacial score (nSPS) is 20.2. The number of methoxy groups -OCH3 is 1. The molecule has 0 radical (unpaired) electrons. The lowest BCUT2D eigenvalue weighted by atomic mass is 9.83. The first-order valence-electron chi connectivity index (χ1n) is 11.9. The van der Waals surface area contributed by atoms with Crippen LogP contribution in [-0.2, 0) is 11.3 Å². The minimum atomic E-state index is -0.527. The molecule has 0 spiro atoms. The highest BCUT2D eigenvalue weighted by Gasteiger charge is 2.32. The minimum absolute atomic E-state index is 0.0565. The number of carbonyl (C=O) groups is 2. The van der Waals surface area contributed by atoms with Crippen LogP contribution in [0.15, 0.2) is 42.5 Å². The van der Waals surface area contributed by atoms with E-state index in [1.165, 1.54) is 5.56 Å². The molecule has 182 valence electrons. The number of nitrogens with zero attached hydrogens (tertiary/aromatic N) is 1. The van der Waals surface area contributed by atoms with Gasteiger partial charge in [-0.25, -0.2) is 4.79 Å². The van der Waals surface area contributed by atoms with Crippen molar-refractivity contribution in [1.82, 2.24) is 10.2 Å². The summed E-state index contributed by atoms with van der Waals surface area (Å²) in [5.74, 6) is 1.87. The second-order valence-electron chi connectivity index (χ2n) is 10.00. The molecule has 2 aromatic rings. The third-order valence-electron chi connectivity index (χ3n) is 6.47. The Morgan fingerprint density at radius 3 is 2.47 bits per heavy atom. The van der Waals surface area contributed by atoms with Crippen LogP contribution in [0, 0.1) is 5.92 Å². The monoisotopic (exact) mass is 466 g/mol. The molecule has 0 bridgehead atoms. The van der Waals surface area contributed by atoms with Gasteiger partial charge < -0.3 is 24.4 Å². The number of nitrogens with one attached hydrogen (secondary N) is 1. The Morgan fingerprint density at radius 2 is 1.76 bits per heavy atom. The number of fused-ring (bicyclic) bond motifs is 1. The summed E-state index contributed by atoms with van der Waals surface area (Å²) in [5, 5.41) is 2.84. The zero-order valence-electron chi connectivity index (χ0n) is 20.4. The average Bonchev–Trinajstić information content (AvgIpc) is 3.03. The van der Waals surface area contributed by atoms with Crippen molar-refractivity contribution >= 4 is 12.0 Å². The SMILES string of the molecule is COc1ccc([C@@H]2CCN(C(=O)OC(C)(C)C)CC[C@H]2COc2ccc3c(c2)C(=O)NC3)cc1. The van der Waals surface area contributed by atoms with Crippen LogP contribution in [0.4, 0.5) is 4.79 Å². The molecule has 1 N–H and O–H groups in total. The maximum absolute atomic E-state index is 12.7. The molecule has 2 aliphatic rings. The molecule has 0 aliphatic carbocycles. The quantitative estimate of drug-likeness (QED) is 0.688. The molecule has 4 rings (SSSR count). The summed E-state index contributed by atoms with van der Waals surface area (Å²) in [6, 6.07) is 13.8. The van der Waals surface area contributed by atoms with E-state index in [1.54, 1.807) is 7.11 Å². The lowest BCUT2D eigenvalue weighted by Crippen LogP contribution is -2.37. The molecule has 0 saturated carbocycles. The largest absolute Gasteiger partial charge is 0.497 e. The standard InChI is InChI=1S/C27H34N2O5/c1-27(2,3)34-26(31)29-13-11-20(23(12-14-29)18-5-8-21(32-4)9-6-18)17-33-22-10-7-19-16-28-25(30)24(19)15-22/h5-10,15,20,23H,11-14,16-17H2,1-4H3,(H,28,30)/t20-,23-/m0/s1. The van der Waals surface area contributed by atoms with Crippen molar-refractivity contribution in [3.05, 3.63) is 59.2 Å². The van der Waals surface area contributed by atoms with E-state index in [4.69, 9.17) is 14.2 Å². The zero-order chi connectivity index (χ0) is 24.3. The predicted molar refractivity (Wildman–Crippen MR) is 129 cm³/mol. The smallest absolute Gasteiger partial charge is 0.410 e. The number of likely N-dealkylation sites (tertiary alicyclic amines) is 1. The maximum atomic E-state index is 12.7. The molecule has 2 aliphatic heterocycles. The Labute approximate surface area is 201 Å². The molecular formula is C27H34N2O5. The van der Waals surface area contributed by atoms with Gasteiger partial charge in [0.1, 0.15) is 17.1 Å². The van der Waals surface area contributed by atoms with E-state index in [0.29, 0.717) is 37.6 Å². The molecule has 0 aromatic heterocycles.